The molecule has 0 aliphatic carbocycles. The van der Waals surface area contributed by atoms with Crippen LogP contribution in [0.2, 0.25) is 0 Å². The lowest BCUT2D eigenvalue weighted by molar-refractivity contribution is 0.0728. The fraction of sp³-hybridized carbons (Fsp3) is 0.389. The summed E-state index contributed by atoms with van der Waals surface area (Å²) in [6.45, 7) is 2.70. The summed E-state index contributed by atoms with van der Waals surface area (Å²) in [5.74, 6) is -0.0364. The van der Waals surface area contributed by atoms with Crippen LogP contribution in [0.25, 0.3) is 0 Å². The second kappa shape index (κ2) is 6.86. The van der Waals surface area contributed by atoms with E-state index >= 15 is 0 Å². The molecule has 0 unspecified atom stereocenters. The van der Waals surface area contributed by atoms with Crippen molar-refractivity contribution in [2.75, 3.05) is 32.8 Å². The molecule has 1 aromatic heterocycles. The highest BCUT2D eigenvalue weighted by Gasteiger charge is 2.28. The van der Waals surface area contributed by atoms with E-state index in [1.807, 2.05) is 6.07 Å². The molecule has 138 valence electrons. The third-order valence-electron chi connectivity index (χ3n) is 4.91. The van der Waals surface area contributed by atoms with Crippen LogP contribution in [-0.2, 0) is 27.7 Å². The average molecular weight is 375 g/mol. The molecular weight excluding hydrogens is 354 g/mol. The molecule has 7 nitrogen and oxygen atoms in total. The Balaban J connectivity index is 1.55. The van der Waals surface area contributed by atoms with Gasteiger partial charge in [0.1, 0.15) is 5.69 Å². The molecule has 1 fully saturated rings. The Labute approximate surface area is 152 Å². The minimum Gasteiger partial charge on any atom is -0.379 e. The number of nitrogens with zero attached hydrogens (tertiary/aromatic N) is 2. The van der Waals surface area contributed by atoms with Crippen LogP contribution < -0.4 is 0 Å². The zero-order valence-corrected chi connectivity index (χ0v) is 15.2. The Hall–Kier alpha value is -2.16. The normalized spacial score (nSPS) is 18.5. The number of hydrogen-bond acceptors (Lipinski definition) is 4. The first kappa shape index (κ1) is 17.3. The van der Waals surface area contributed by atoms with Gasteiger partial charge in [-0.25, -0.2) is 8.42 Å². The average Bonchev–Trinajstić information content (AvgIpc) is 3.22. The van der Waals surface area contributed by atoms with Gasteiger partial charge in [0.05, 0.1) is 18.1 Å². The van der Waals surface area contributed by atoms with Gasteiger partial charge in [-0.05, 0) is 41.8 Å². The maximum Gasteiger partial charge on any atom is 0.270 e. The van der Waals surface area contributed by atoms with Gasteiger partial charge in [-0.2, -0.15) is 4.31 Å². The summed E-state index contributed by atoms with van der Waals surface area (Å²) in [5.41, 5.74) is 2.56. The van der Waals surface area contributed by atoms with Crippen molar-refractivity contribution in [3.63, 3.8) is 0 Å². The van der Waals surface area contributed by atoms with E-state index in [0.717, 1.165) is 11.1 Å². The first-order chi connectivity index (χ1) is 12.6. The van der Waals surface area contributed by atoms with Gasteiger partial charge in [-0.1, -0.05) is 6.07 Å². The van der Waals surface area contributed by atoms with Crippen LogP contribution in [0.4, 0.5) is 0 Å². The van der Waals surface area contributed by atoms with Crippen molar-refractivity contribution >= 4 is 15.9 Å². The van der Waals surface area contributed by atoms with E-state index in [0.29, 0.717) is 56.4 Å². The summed E-state index contributed by atoms with van der Waals surface area (Å²) >= 11 is 0. The first-order valence-electron chi connectivity index (χ1n) is 8.68. The molecule has 0 bridgehead atoms. The molecule has 2 aliphatic heterocycles. The Bertz CT molecular complexity index is 903. The van der Waals surface area contributed by atoms with Crippen molar-refractivity contribution in [1.29, 1.82) is 0 Å². The highest BCUT2D eigenvalue weighted by Crippen LogP contribution is 2.25. The minimum atomic E-state index is -3.49. The number of morpholine rings is 1. The monoisotopic (exact) mass is 375 g/mol. The number of hydrogen-bond donors (Lipinski definition) is 1. The Morgan fingerprint density at radius 1 is 1.08 bits per heavy atom. The number of carbonyl (C=O) groups is 1. The molecule has 0 saturated carbocycles. The molecule has 1 aromatic carbocycles. The smallest absolute Gasteiger partial charge is 0.270 e. The number of rotatable bonds is 3. The second-order valence-corrected chi connectivity index (χ2v) is 8.45. The van der Waals surface area contributed by atoms with Gasteiger partial charge in [0.2, 0.25) is 10.0 Å². The van der Waals surface area contributed by atoms with Crippen molar-refractivity contribution in [3.8, 4) is 0 Å². The lowest BCUT2D eigenvalue weighted by Gasteiger charge is -2.30. The first-order valence-corrected chi connectivity index (χ1v) is 10.1. The maximum absolute atomic E-state index is 12.8. The summed E-state index contributed by atoms with van der Waals surface area (Å²) in [5, 5.41) is 0. The summed E-state index contributed by atoms with van der Waals surface area (Å²) in [6.07, 6.45) is 2.38. The van der Waals surface area contributed by atoms with Crippen LogP contribution in [0, 0.1) is 0 Å². The molecule has 2 aromatic rings. The maximum atomic E-state index is 12.8. The lowest BCUT2D eigenvalue weighted by atomic mass is 9.99. The van der Waals surface area contributed by atoms with Crippen LogP contribution in [0.3, 0.4) is 0 Å². The van der Waals surface area contributed by atoms with Gasteiger partial charge in [-0.3, -0.25) is 4.79 Å². The molecule has 2 aliphatic rings. The number of benzene rings is 1. The van der Waals surface area contributed by atoms with E-state index < -0.39 is 10.0 Å². The van der Waals surface area contributed by atoms with Crippen molar-refractivity contribution in [3.05, 3.63) is 53.3 Å². The predicted molar refractivity (Wildman–Crippen MR) is 95.3 cm³/mol. The van der Waals surface area contributed by atoms with E-state index in [4.69, 9.17) is 4.74 Å². The van der Waals surface area contributed by atoms with Gasteiger partial charge in [0, 0.05) is 32.4 Å². The number of carbonyl (C=O) groups excluding carboxylic acids is 1. The number of ether oxygens (including phenoxy) is 1. The number of amides is 1. The quantitative estimate of drug-likeness (QED) is 0.875. The predicted octanol–water partition coefficient (Wildman–Crippen LogP) is 1.23. The van der Waals surface area contributed by atoms with Crippen molar-refractivity contribution < 1.29 is 17.9 Å². The number of aromatic nitrogens is 1. The molecular formula is C18H21N3O4S. The van der Waals surface area contributed by atoms with Crippen LogP contribution in [0.5, 0.6) is 0 Å². The largest absolute Gasteiger partial charge is 0.379 e. The van der Waals surface area contributed by atoms with E-state index in [9.17, 15) is 13.2 Å². The molecule has 1 saturated heterocycles. The zero-order valence-electron chi connectivity index (χ0n) is 14.3. The molecule has 0 atom stereocenters. The Morgan fingerprint density at radius 2 is 1.88 bits per heavy atom. The van der Waals surface area contributed by atoms with Crippen LogP contribution in [0.15, 0.2) is 41.4 Å². The third-order valence-corrected chi connectivity index (χ3v) is 6.81. The van der Waals surface area contributed by atoms with E-state index in [2.05, 4.69) is 4.98 Å². The Morgan fingerprint density at radius 3 is 2.62 bits per heavy atom. The molecule has 1 N–H and O–H groups in total. The van der Waals surface area contributed by atoms with Crippen molar-refractivity contribution in [2.45, 2.75) is 17.9 Å². The summed E-state index contributed by atoms with van der Waals surface area (Å²) in [7, 11) is -3.49. The number of H-pyrrole nitrogens is 1. The van der Waals surface area contributed by atoms with E-state index in [1.54, 1.807) is 35.4 Å². The van der Waals surface area contributed by atoms with E-state index in [-0.39, 0.29) is 5.91 Å². The number of sulfonamides is 1. The fourth-order valence-corrected chi connectivity index (χ4v) is 4.89. The van der Waals surface area contributed by atoms with E-state index in [1.165, 1.54) is 4.31 Å². The van der Waals surface area contributed by atoms with Crippen molar-refractivity contribution in [1.82, 2.24) is 14.2 Å². The summed E-state index contributed by atoms with van der Waals surface area (Å²) in [6, 6.07) is 8.80. The van der Waals surface area contributed by atoms with Crippen LogP contribution >= 0.6 is 0 Å². The Kier molecular flexibility index (Phi) is 4.56. The van der Waals surface area contributed by atoms with Crippen molar-refractivity contribution in [2.24, 2.45) is 0 Å². The van der Waals surface area contributed by atoms with Gasteiger partial charge in [0.25, 0.3) is 5.91 Å². The molecule has 4 rings (SSSR count). The zero-order chi connectivity index (χ0) is 18.1. The SMILES string of the molecule is O=C(c1ccc[nH]1)N1CCc2cc(S(=O)(=O)N3CCOCC3)ccc2C1. The molecule has 26 heavy (non-hydrogen) atoms. The number of nitrogens with one attached hydrogen (secondary N) is 1. The second-order valence-electron chi connectivity index (χ2n) is 6.51. The highest BCUT2D eigenvalue weighted by molar-refractivity contribution is 7.89. The molecule has 8 heteroatoms. The minimum absolute atomic E-state index is 0.0364. The topological polar surface area (TPSA) is 82.7 Å². The molecule has 0 radical (unpaired) electrons. The number of aromatic amines is 1. The summed E-state index contributed by atoms with van der Waals surface area (Å²) in [4.78, 5) is 17.5. The van der Waals surface area contributed by atoms with Gasteiger partial charge >= 0.3 is 0 Å². The van der Waals surface area contributed by atoms with Gasteiger partial charge in [0.15, 0.2) is 0 Å². The van der Waals surface area contributed by atoms with Gasteiger partial charge < -0.3 is 14.6 Å². The summed E-state index contributed by atoms with van der Waals surface area (Å²) < 4.78 is 32.3. The third kappa shape index (κ3) is 3.15. The van der Waals surface area contributed by atoms with Crippen LogP contribution in [0.1, 0.15) is 21.6 Å². The highest BCUT2D eigenvalue weighted by atomic mass is 32.2. The standard InChI is InChI=1S/C18H21N3O4S/c22-18(17-2-1-6-19-17)20-7-5-14-12-16(4-3-15(14)13-20)26(23,24)21-8-10-25-11-9-21/h1-4,6,12,19H,5,7-11,13H2. The fourth-order valence-electron chi connectivity index (χ4n) is 3.43. The molecule has 0 spiro atoms. The van der Waals surface area contributed by atoms with Crippen LogP contribution in [-0.4, -0.2) is 61.4 Å². The molecule has 1 amide bonds. The lowest BCUT2D eigenvalue weighted by Crippen LogP contribution is -2.40. The molecule has 3 heterocycles. The van der Waals surface area contributed by atoms with Gasteiger partial charge in [-0.15, -0.1) is 0 Å². The number of fused-ring (bicyclic) bond motifs is 1.